The first-order valence-corrected chi connectivity index (χ1v) is 22.5. The summed E-state index contributed by atoms with van der Waals surface area (Å²) in [6.07, 6.45) is -2.54. The minimum Gasteiger partial charge on any atom is -0.497 e. The topological polar surface area (TPSA) is 197 Å². The Labute approximate surface area is 359 Å². The SMILES string of the molecule is COc1ccc(C(=O)OC2C(OC3C(O)COC(O[C@H]4C[C@H]5[C@@H]6CC=C7C[C@@H](O)CC[C@]7(C)[C@H]6CC[C@]5(C)[C@H]4[C@H](C)C(=O)CCC(C)C)C3OC(C)=O)OCC(O)C2O)cc1. The van der Waals surface area contributed by atoms with Gasteiger partial charge >= 0.3 is 11.9 Å². The normalized spacial score (nSPS) is 41.4. The average Bonchev–Trinajstić information content (AvgIpc) is 3.52. The number of esters is 2. The lowest BCUT2D eigenvalue weighted by Crippen LogP contribution is -2.62. The number of benzene rings is 1. The molecular weight excluding hydrogens is 789 g/mol. The number of ketones is 1. The predicted octanol–water partition coefficient (Wildman–Crippen LogP) is 4.91. The Morgan fingerprint density at radius 1 is 0.852 bits per heavy atom. The molecule has 17 atom stereocenters. The van der Waals surface area contributed by atoms with E-state index in [1.54, 1.807) is 12.1 Å². The molecule has 14 heteroatoms. The highest BCUT2D eigenvalue weighted by Gasteiger charge is 2.64. The standard InChI is InChI=1S/C47H68O14/c1-24(2)8-15-34(50)25(3)38-37(21-33-31-14-11-28-20-29(49)16-18-46(28,5)32(31)17-19-47(33,38)6)59-45-42(58-26(4)48)40(36(52)23-57-45)61-44-41(39(53)35(51)22-56-44)60-43(54)27-9-12-30(55-7)13-10-27/h9-13,24-25,29,31-33,35-42,44-45,49,51-53H,8,14-23H2,1-7H3/t25-,29+,31-,32+,33+,35?,36?,37+,38+,39?,40?,41?,42?,44?,45?,46+,47+/m1/s1. The molecule has 0 bridgehead atoms. The summed E-state index contributed by atoms with van der Waals surface area (Å²) in [6, 6.07) is 6.12. The Kier molecular flexibility index (Phi) is 14.1. The van der Waals surface area contributed by atoms with E-state index in [0.29, 0.717) is 36.3 Å². The van der Waals surface area contributed by atoms with Gasteiger partial charge in [-0.2, -0.15) is 0 Å². The van der Waals surface area contributed by atoms with Crippen molar-refractivity contribution in [1.29, 1.82) is 0 Å². The number of aliphatic hydroxyl groups excluding tert-OH is 4. The number of hydrogen-bond acceptors (Lipinski definition) is 14. The Morgan fingerprint density at radius 3 is 2.21 bits per heavy atom. The fraction of sp³-hybridized carbons (Fsp3) is 0.766. The van der Waals surface area contributed by atoms with Crippen LogP contribution in [0.15, 0.2) is 35.9 Å². The van der Waals surface area contributed by atoms with Gasteiger partial charge in [0.1, 0.15) is 35.9 Å². The zero-order valence-electron chi connectivity index (χ0n) is 36.8. The van der Waals surface area contributed by atoms with Gasteiger partial charge in [-0.05, 0) is 110 Å². The maximum absolute atomic E-state index is 14.1. The van der Waals surface area contributed by atoms with E-state index in [-0.39, 0.29) is 59.2 Å². The van der Waals surface area contributed by atoms with Crippen molar-refractivity contribution in [3.8, 4) is 5.75 Å². The summed E-state index contributed by atoms with van der Waals surface area (Å²) in [6.45, 7) is 11.6. The Morgan fingerprint density at radius 2 is 1.54 bits per heavy atom. The lowest BCUT2D eigenvalue weighted by Gasteiger charge is -2.58. The molecule has 0 spiro atoms. The van der Waals surface area contributed by atoms with Gasteiger partial charge in [-0.3, -0.25) is 9.59 Å². The maximum atomic E-state index is 14.1. The molecule has 2 aliphatic heterocycles. The first kappa shape index (κ1) is 46.1. The van der Waals surface area contributed by atoms with Crippen molar-refractivity contribution >= 4 is 17.7 Å². The predicted molar refractivity (Wildman–Crippen MR) is 220 cm³/mol. The molecule has 1 aromatic carbocycles. The fourth-order valence-corrected chi connectivity index (χ4v) is 12.2. The lowest BCUT2D eigenvalue weighted by atomic mass is 9.47. The van der Waals surface area contributed by atoms with Crippen LogP contribution >= 0.6 is 0 Å². The van der Waals surface area contributed by atoms with Crippen LogP contribution < -0.4 is 4.74 Å². The third-order valence-electron chi connectivity index (χ3n) is 15.5. The smallest absolute Gasteiger partial charge is 0.338 e. The molecule has 7 rings (SSSR count). The first-order valence-electron chi connectivity index (χ1n) is 22.5. The summed E-state index contributed by atoms with van der Waals surface area (Å²) in [5.41, 5.74) is 1.28. The monoisotopic (exact) mass is 856 g/mol. The summed E-state index contributed by atoms with van der Waals surface area (Å²) in [4.78, 5) is 40.2. The number of aliphatic hydroxyl groups is 4. The molecule has 2 saturated heterocycles. The van der Waals surface area contributed by atoms with Gasteiger partial charge < -0.3 is 53.6 Å². The number of allylic oxidation sites excluding steroid dienone is 1. The maximum Gasteiger partial charge on any atom is 0.338 e. The van der Waals surface area contributed by atoms with Crippen LogP contribution in [0.4, 0.5) is 0 Å². The molecule has 14 nitrogen and oxygen atoms in total. The average molecular weight is 857 g/mol. The van der Waals surface area contributed by atoms with Crippen LogP contribution in [0.2, 0.25) is 0 Å². The van der Waals surface area contributed by atoms with Crippen molar-refractivity contribution < 1.29 is 68.0 Å². The largest absolute Gasteiger partial charge is 0.497 e. The second-order valence-electron chi connectivity index (χ2n) is 19.6. The molecule has 61 heavy (non-hydrogen) atoms. The molecule has 0 aromatic heterocycles. The summed E-state index contributed by atoms with van der Waals surface area (Å²) < 4.78 is 42.0. The summed E-state index contributed by atoms with van der Waals surface area (Å²) >= 11 is 0. The summed E-state index contributed by atoms with van der Waals surface area (Å²) in [5.74, 6) is 0.0679. The van der Waals surface area contributed by atoms with Crippen LogP contribution in [0.25, 0.3) is 0 Å². The Balaban J connectivity index is 1.16. The summed E-state index contributed by atoms with van der Waals surface area (Å²) in [7, 11) is 1.49. The zero-order valence-corrected chi connectivity index (χ0v) is 36.8. The number of carbonyl (C=O) groups excluding carboxylic acids is 3. The van der Waals surface area contributed by atoms with Gasteiger partial charge in [0.15, 0.2) is 24.8 Å². The number of hydrogen-bond donors (Lipinski definition) is 4. The van der Waals surface area contributed by atoms with E-state index >= 15 is 0 Å². The van der Waals surface area contributed by atoms with Crippen LogP contribution in [0, 0.1) is 46.3 Å². The molecule has 0 amide bonds. The van der Waals surface area contributed by atoms with Crippen LogP contribution in [0.3, 0.4) is 0 Å². The number of carbonyl (C=O) groups is 3. The van der Waals surface area contributed by atoms with Crippen LogP contribution in [-0.4, -0.2) is 120 Å². The second-order valence-corrected chi connectivity index (χ2v) is 19.6. The van der Waals surface area contributed by atoms with E-state index in [9.17, 15) is 34.8 Å². The van der Waals surface area contributed by atoms with Crippen LogP contribution in [-0.2, 0) is 38.0 Å². The van der Waals surface area contributed by atoms with Gasteiger partial charge in [-0.1, -0.05) is 46.3 Å². The second kappa shape index (κ2) is 18.6. The minimum atomic E-state index is -1.62. The molecule has 2 heterocycles. The molecule has 4 N–H and O–H groups in total. The molecule has 6 aliphatic rings. The van der Waals surface area contributed by atoms with E-state index in [2.05, 4.69) is 33.8 Å². The third kappa shape index (κ3) is 9.20. The fourth-order valence-electron chi connectivity index (χ4n) is 12.2. The van der Waals surface area contributed by atoms with E-state index < -0.39 is 67.2 Å². The molecule has 8 unspecified atom stereocenters. The number of methoxy groups -OCH3 is 1. The number of rotatable bonds is 13. The van der Waals surface area contributed by atoms with E-state index in [1.165, 1.54) is 31.7 Å². The van der Waals surface area contributed by atoms with Gasteiger partial charge in [-0.15, -0.1) is 0 Å². The molecule has 3 saturated carbocycles. The highest BCUT2D eigenvalue weighted by Crippen LogP contribution is 2.68. The van der Waals surface area contributed by atoms with Crippen molar-refractivity contribution in [3.63, 3.8) is 0 Å². The van der Waals surface area contributed by atoms with Gasteiger partial charge in [-0.25, -0.2) is 4.79 Å². The van der Waals surface area contributed by atoms with Crippen LogP contribution in [0.1, 0.15) is 110 Å². The highest BCUT2D eigenvalue weighted by atomic mass is 16.7. The van der Waals surface area contributed by atoms with Crippen LogP contribution in [0.5, 0.6) is 5.75 Å². The van der Waals surface area contributed by atoms with Gasteiger partial charge in [0, 0.05) is 25.2 Å². The third-order valence-corrected chi connectivity index (χ3v) is 15.5. The molecular formula is C47H68O14. The Hall–Kier alpha value is -2.95. The summed E-state index contributed by atoms with van der Waals surface area (Å²) in [5, 5.41) is 43.6. The number of fused-ring (bicyclic) bond motifs is 5. The van der Waals surface area contributed by atoms with Gasteiger partial charge in [0.05, 0.1) is 38.1 Å². The van der Waals surface area contributed by atoms with Crippen molar-refractivity contribution in [1.82, 2.24) is 0 Å². The zero-order chi connectivity index (χ0) is 44.0. The molecule has 0 radical (unpaired) electrons. The van der Waals surface area contributed by atoms with Crippen molar-refractivity contribution in [3.05, 3.63) is 41.5 Å². The van der Waals surface area contributed by atoms with Crippen molar-refractivity contribution in [2.75, 3.05) is 20.3 Å². The lowest BCUT2D eigenvalue weighted by molar-refractivity contribution is -0.340. The van der Waals surface area contributed by atoms with Gasteiger partial charge in [0.2, 0.25) is 0 Å². The van der Waals surface area contributed by atoms with Crippen molar-refractivity contribution in [2.45, 2.75) is 161 Å². The van der Waals surface area contributed by atoms with Crippen molar-refractivity contribution in [2.24, 2.45) is 46.3 Å². The molecule has 340 valence electrons. The number of Topliss-reactive ketones (excluding diaryl/α,β-unsaturated/α-hetero) is 1. The molecule has 1 aromatic rings. The van der Waals surface area contributed by atoms with Gasteiger partial charge in [0.25, 0.3) is 0 Å². The Bertz CT molecular complexity index is 1750. The van der Waals surface area contributed by atoms with E-state index in [0.717, 1.165) is 44.9 Å². The number of ether oxygens (including phenoxy) is 7. The quantitative estimate of drug-likeness (QED) is 0.154. The first-order chi connectivity index (χ1) is 28.9. The molecule has 5 fully saturated rings. The van der Waals surface area contributed by atoms with E-state index in [1.807, 2.05) is 6.92 Å². The molecule has 4 aliphatic carbocycles. The highest BCUT2D eigenvalue weighted by molar-refractivity contribution is 5.89. The minimum absolute atomic E-state index is 0.00978. The van der Waals surface area contributed by atoms with E-state index in [4.69, 9.17) is 33.2 Å².